The van der Waals surface area contributed by atoms with Crippen molar-refractivity contribution in [2.45, 2.75) is 44.0 Å². The number of ether oxygens (including phenoxy) is 1. The van der Waals surface area contributed by atoms with Crippen LogP contribution in [0.4, 0.5) is 0 Å². The molecule has 0 saturated carbocycles. The van der Waals surface area contributed by atoms with E-state index in [1.165, 1.54) is 10.4 Å². The summed E-state index contributed by atoms with van der Waals surface area (Å²) in [6.07, 6.45) is 1.10. The summed E-state index contributed by atoms with van der Waals surface area (Å²) in [5.74, 6) is -0.321. The molecule has 3 rings (SSSR count). The highest BCUT2D eigenvalue weighted by Gasteiger charge is 2.30. The first-order valence-corrected chi connectivity index (χ1v) is 12.2. The van der Waals surface area contributed by atoms with Gasteiger partial charge in [0, 0.05) is 29.2 Å². The number of morpholine rings is 1. The Morgan fingerprint density at radius 2 is 1.81 bits per heavy atom. The van der Waals surface area contributed by atoms with Gasteiger partial charge in [0.1, 0.15) is 0 Å². The summed E-state index contributed by atoms with van der Waals surface area (Å²) in [5.41, 5.74) is 1.37. The Morgan fingerprint density at radius 1 is 1.13 bits per heavy atom. The van der Waals surface area contributed by atoms with Crippen molar-refractivity contribution in [3.05, 3.63) is 64.2 Å². The van der Waals surface area contributed by atoms with Gasteiger partial charge in [-0.15, -0.1) is 0 Å². The first-order chi connectivity index (χ1) is 14.6. The molecule has 0 radical (unpaired) electrons. The van der Waals surface area contributed by atoms with E-state index in [0.717, 1.165) is 5.56 Å². The molecule has 1 saturated heterocycles. The lowest BCUT2D eigenvalue weighted by atomic mass is 9.94. The fourth-order valence-electron chi connectivity index (χ4n) is 3.70. The van der Waals surface area contributed by atoms with Crippen LogP contribution in [-0.4, -0.2) is 50.5 Å². The summed E-state index contributed by atoms with van der Waals surface area (Å²) in [4.78, 5) is 13.2. The number of halogens is 1. The number of hydrogen-bond acceptors (Lipinski definition) is 4. The third kappa shape index (κ3) is 5.66. The molecule has 1 aliphatic heterocycles. The summed E-state index contributed by atoms with van der Waals surface area (Å²) >= 11 is 6.27. The van der Waals surface area contributed by atoms with Gasteiger partial charge in [0.05, 0.1) is 18.1 Å². The van der Waals surface area contributed by atoms with Gasteiger partial charge < -0.3 is 10.1 Å². The predicted molar refractivity (Wildman–Crippen MR) is 122 cm³/mol. The third-order valence-corrected chi connectivity index (χ3v) is 7.69. The van der Waals surface area contributed by atoms with Crippen molar-refractivity contribution in [2.24, 2.45) is 0 Å². The third-order valence-electron chi connectivity index (χ3n) is 5.34. The molecule has 1 amide bonds. The van der Waals surface area contributed by atoms with Gasteiger partial charge in [-0.2, -0.15) is 4.31 Å². The van der Waals surface area contributed by atoms with E-state index < -0.39 is 15.6 Å². The highest BCUT2D eigenvalue weighted by molar-refractivity contribution is 7.89. The van der Waals surface area contributed by atoms with Crippen molar-refractivity contribution < 1.29 is 17.9 Å². The second-order valence-corrected chi connectivity index (χ2v) is 10.6. The molecule has 0 unspecified atom stereocenters. The molecule has 1 aliphatic rings. The molecule has 2 aromatic carbocycles. The maximum Gasteiger partial charge on any atom is 0.251 e. The van der Waals surface area contributed by atoms with E-state index in [1.807, 2.05) is 45.0 Å². The van der Waals surface area contributed by atoms with Crippen LogP contribution in [0.25, 0.3) is 0 Å². The van der Waals surface area contributed by atoms with Gasteiger partial charge in [0.15, 0.2) is 0 Å². The molecule has 1 heterocycles. The number of benzene rings is 2. The van der Waals surface area contributed by atoms with Crippen molar-refractivity contribution in [1.82, 2.24) is 9.62 Å². The fraction of sp³-hybridized carbons (Fsp3) is 0.435. The minimum absolute atomic E-state index is 0.188. The molecule has 0 atom stereocenters. The molecular weight excluding hydrogens is 436 g/mol. The molecular formula is C23H29ClN2O4S. The molecule has 0 bridgehead atoms. The summed E-state index contributed by atoms with van der Waals surface area (Å²) in [7, 11) is -3.70. The quantitative estimate of drug-likeness (QED) is 0.678. The Hall–Kier alpha value is -1.93. The zero-order valence-electron chi connectivity index (χ0n) is 18.2. The largest absolute Gasteiger partial charge is 0.379 e. The summed E-state index contributed by atoms with van der Waals surface area (Å²) in [6, 6.07) is 12.4. The van der Waals surface area contributed by atoms with Gasteiger partial charge in [-0.1, -0.05) is 42.8 Å². The average Bonchev–Trinajstić information content (AvgIpc) is 2.75. The Balaban J connectivity index is 1.84. The molecule has 1 fully saturated rings. The van der Waals surface area contributed by atoms with Crippen molar-refractivity contribution in [1.29, 1.82) is 0 Å². The van der Waals surface area contributed by atoms with Crippen LogP contribution < -0.4 is 5.32 Å². The monoisotopic (exact) mass is 464 g/mol. The number of aryl methyl sites for hydroxylation is 1. The maximum atomic E-state index is 13.2. The number of rotatable bonds is 7. The first-order valence-electron chi connectivity index (χ1n) is 10.4. The Kier molecular flexibility index (Phi) is 7.42. The van der Waals surface area contributed by atoms with Gasteiger partial charge in [-0.25, -0.2) is 8.42 Å². The topological polar surface area (TPSA) is 75.7 Å². The normalized spacial score (nSPS) is 15.6. The van der Waals surface area contributed by atoms with E-state index >= 15 is 0 Å². The Bertz CT molecular complexity index is 1050. The van der Waals surface area contributed by atoms with Crippen molar-refractivity contribution in [2.75, 3.05) is 26.3 Å². The Labute approximate surface area is 189 Å². The van der Waals surface area contributed by atoms with Crippen molar-refractivity contribution >= 4 is 27.5 Å². The van der Waals surface area contributed by atoms with Gasteiger partial charge in [-0.3, -0.25) is 4.79 Å². The van der Waals surface area contributed by atoms with Crippen LogP contribution in [-0.2, 0) is 27.6 Å². The van der Waals surface area contributed by atoms with E-state index in [1.54, 1.807) is 12.1 Å². The van der Waals surface area contributed by atoms with E-state index in [0.29, 0.717) is 55.3 Å². The van der Waals surface area contributed by atoms with E-state index in [9.17, 15) is 13.2 Å². The molecule has 0 aromatic heterocycles. The summed E-state index contributed by atoms with van der Waals surface area (Å²) in [6.45, 7) is 7.11. The second-order valence-electron chi connectivity index (χ2n) is 8.30. The predicted octanol–water partition coefficient (Wildman–Crippen LogP) is 3.67. The van der Waals surface area contributed by atoms with Gasteiger partial charge >= 0.3 is 0 Å². The van der Waals surface area contributed by atoms with E-state index in [-0.39, 0.29) is 10.8 Å². The molecule has 8 heteroatoms. The maximum absolute atomic E-state index is 13.2. The first kappa shape index (κ1) is 23.7. The molecule has 2 aromatic rings. The molecule has 6 nitrogen and oxygen atoms in total. The molecule has 0 aliphatic carbocycles. The van der Waals surface area contributed by atoms with Crippen LogP contribution in [0, 0.1) is 0 Å². The molecule has 0 spiro atoms. The highest BCUT2D eigenvalue weighted by atomic mass is 35.5. The van der Waals surface area contributed by atoms with Crippen LogP contribution in [0.3, 0.4) is 0 Å². The van der Waals surface area contributed by atoms with Crippen molar-refractivity contribution in [3.8, 4) is 0 Å². The van der Waals surface area contributed by atoms with Crippen LogP contribution >= 0.6 is 11.6 Å². The fourth-order valence-corrected chi connectivity index (χ4v) is 5.63. The van der Waals surface area contributed by atoms with Crippen molar-refractivity contribution in [3.63, 3.8) is 0 Å². The number of sulfonamides is 1. The number of hydrogen-bond donors (Lipinski definition) is 1. The minimum atomic E-state index is -3.70. The zero-order valence-corrected chi connectivity index (χ0v) is 19.7. The van der Waals surface area contributed by atoms with Gasteiger partial charge in [0.2, 0.25) is 10.0 Å². The highest BCUT2D eigenvalue weighted by Crippen LogP contribution is 2.25. The van der Waals surface area contributed by atoms with Crippen LogP contribution in [0.2, 0.25) is 5.02 Å². The number of nitrogens with zero attached hydrogens (tertiary/aromatic N) is 1. The molecule has 31 heavy (non-hydrogen) atoms. The average molecular weight is 465 g/mol. The Morgan fingerprint density at radius 3 is 2.45 bits per heavy atom. The van der Waals surface area contributed by atoms with E-state index in [2.05, 4.69) is 5.32 Å². The summed E-state index contributed by atoms with van der Waals surface area (Å²) < 4.78 is 33.2. The minimum Gasteiger partial charge on any atom is -0.379 e. The lowest BCUT2D eigenvalue weighted by Crippen LogP contribution is -2.45. The molecule has 1 N–H and O–H groups in total. The number of amides is 1. The standard InChI is InChI=1S/C23H29ClN2O4S/c1-4-17-9-10-18(15-21(17)31(28,29)26-11-13-30-14-12-26)22(27)25-23(2,3)16-19-7-5-6-8-20(19)24/h5-10,15H,4,11-14,16H2,1-3H3,(H,25,27). The van der Waals surface area contributed by atoms with Crippen LogP contribution in [0.15, 0.2) is 47.4 Å². The number of carbonyl (C=O) groups excluding carboxylic acids is 1. The number of nitrogens with one attached hydrogen (secondary N) is 1. The lowest BCUT2D eigenvalue weighted by molar-refractivity contribution is 0.0730. The lowest BCUT2D eigenvalue weighted by Gasteiger charge is -2.28. The molecule has 168 valence electrons. The smallest absolute Gasteiger partial charge is 0.251 e. The van der Waals surface area contributed by atoms with Gasteiger partial charge in [-0.05, 0) is 56.0 Å². The van der Waals surface area contributed by atoms with E-state index in [4.69, 9.17) is 16.3 Å². The SMILES string of the molecule is CCc1ccc(C(=O)NC(C)(C)Cc2ccccc2Cl)cc1S(=O)(=O)N1CCOCC1. The number of carbonyl (C=O) groups is 1. The summed E-state index contributed by atoms with van der Waals surface area (Å²) in [5, 5.41) is 3.67. The van der Waals surface area contributed by atoms with Crippen LogP contribution in [0.5, 0.6) is 0 Å². The van der Waals surface area contributed by atoms with Crippen LogP contribution in [0.1, 0.15) is 42.3 Å². The van der Waals surface area contributed by atoms with Gasteiger partial charge in [0.25, 0.3) is 5.91 Å². The second kappa shape index (κ2) is 9.69. The zero-order chi connectivity index (χ0) is 22.6.